The van der Waals surface area contributed by atoms with Crippen molar-refractivity contribution in [1.82, 2.24) is 0 Å². The highest BCUT2D eigenvalue weighted by molar-refractivity contribution is 8.76. The Labute approximate surface area is 200 Å². The molecule has 0 nitrogen and oxygen atoms in total. The molecule has 0 radical (unpaired) electrons. The molecule has 0 bridgehead atoms. The Hall–Kier alpha value is -2.42. The highest BCUT2D eigenvalue weighted by atomic mass is 33.1. The van der Waals surface area contributed by atoms with Gasteiger partial charge in [0, 0.05) is 10.5 Å². The lowest BCUT2D eigenvalue weighted by Crippen LogP contribution is -1.91. The van der Waals surface area contributed by atoms with Gasteiger partial charge < -0.3 is 0 Å². The monoisotopic (exact) mass is 454 g/mol. The maximum absolute atomic E-state index is 2.30. The first-order valence-electron chi connectivity index (χ1n) is 11.2. The van der Waals surface area contributed by atoms with E-state index in [-0.39, 0.29) is 0 Å². The first-order chi connectivity index (χ1) is 15.5. The summed E-state index contributed by atoms with van der Waals surface area (Å²) in [5.41, 5.74) is 10.6. The summed E-state index contributed by atoms with van der Waals surface area (Å²) in [4.78, 5) is 0. The van der Waals surface area contributed by atoms with E-state index in [0.717, 1.165) is 0 Å². The second-order valence-corrected chi connectivity index (χ2v) is 11.3. The summed E-state index contributed by atoms with van der Waals surface area (Å²) < 4.78 is 0. The van der Waals surface area contributed by atoms with Gasteiger partial charge in [0.15, 0.2) is 0 Å². The molecule has 0 aliphatic rings. The summed E-state index contributed by atoms with van der Waals surface area (Å²) in [6, 6.07) is 35.3. The summed E-state index contributed by atoms with van der Waals surface area (Å²) in [6.45, 7) is 8.95. The molecule has 0 fully saturated rings. The summed E-state index contributed by atoms with van der Waals surface area (Å²) in [5.74, 6) is 0. The molecule has 0 heterocycles. The highest BCUT2D eigenvalue weighted by Gasteiger charge is 2.13. The second kappa shape index (κ2) is 10.5. The van der Waals surface area contributed by atoms with Crippen LogP contribution in [0.1, 0.15) is 46.6 Å². The van der Waals surface area contributed by atoms with E-state index in [1.165, 1.54) is 44.5 Å². The summed E-state index contributed by atoms with van der Waals surface area (Å²) in [7, 11) is 3.91. The summed E-state index contributed by atoms with van der Waals surface area (Å²) >= 11 is 0. The van der Waals surface area contributed by atoms with Crippen LogP contribution < -0.4 is 0 Å². The van der Waals surface area contributed by atoms with Gasteiger partial charge in [-0.1, -0.05) is 119 Å². The predicted molar refractivity (Wildman–Crippen MR) is 145 cm³/mol. The van der Waals surface area contributed by atoms with Gasteiger partial charge in [0.1, 0.15) is 0 Å². The Morgan fingerprint density at radius 1 is 0.469 bits per heavy atom. The van der Waals surface area contributed by atoms with Crippen molar-refractivity contribution in [3.05, 3.63) is 119 Å². The Balaban J connectivity index is 1.37. The molecule has 162 valence electrons. The zero-order valence-corrected chi connectivity index (χ0v) is 20.8. The minimum atomic E-state index is 0.444. The van der Waals surface area contributed by atoms with Crippen LogP contribution in [0.3, 0.4) is 0 Å². The van der Waals surface area contributed by atoms with Gasteiger partial charge >= 0.3 is 0 Å². The van der Waals surface area contributed by atoms with Crippen molar-refractivity contribution in [3.63, 3.8) is 0 Å². The van der Waals surface area contributed by atoms with Crippen molar-refractivity contribution in [2.45, 2.75) is 38.2 Å². The molecule has 0 N–H and O–H groups in total. The van der Waals surface area contributed by atoms with E-state index in [1.54, 1.807) is 0 Å². The van der Waals surface area contributed by atoms with E-state index in [0.29, 0.717) is 10.5 Å². The van der Waals surface area contributed by atoms with Crippen LogP contribution in [0.5, 0.6) is 0 Å². The standard InChI is InChI=1S/C30H30S2/c1-21-9-5-7-11-29(21)27-17-13-25(14-18-27)23(3)31-32-24(4)26-15-19-28(20-16-26)30-12-8-6-10-22(30)2/h5-20,23-24H,1-4H3/t23-,24-/m1/s1. The van der Waals surface area contributed by atoms with Crippen LogP contribution in [0, 0.1) is 13.8 Å². The first-order valence-corrected chi connectivity index (χ1v) is 13.4. The number of aryl methyl sites for hydroxylation is 2. The van der Waals surface area contributed by atoms with Crippen molar-refractivity contribution < 1.29 is 0 Å². The minimum absolute atomic E-state index is 0.444. The number of benzene rings is 4. The molecule has 2 heteroatoms. The third-order valence-electron chi connectivity index (χ3n) is 6.02. The molecule has 4 aromatic carbocycles. The highest BCUT2D eigenvalue weighted by Crippen LogP contribution is 2.46. The zero-order valence-electron chi connectivity index (χ0n) is 19.2. The molecule has 0 aliphatic heterocycles. The average Bonchev–Trinajstić information content (AvgIpc) is 2.83. The van der Waals surface area contributed by atoms with E-state index in [4.69, 9.17) is 0 Å². The van der Waals surface area contributed by atoms with Gasteiger partial charge in [0.2, 0.25) is 0 Å². The first kappa shape index (κ1) is 22.8. The molecule has 0 unspecified atom stereocenters. The molecular weight excluding hydrogens is 424 g/mol. The molecule has 0 saturated heterocycles. The van der Waals surface area contributed by atoms with E-state index in [1.807, 2.05) is 21.6 Å². The Morgan fingerprint density at radius 3 is 1.16 bits per heavy atom. The molecule has 4 aromatic rings. The summed E-state index contributed by atoms with van der Waals surface area (Å²) in [6.07, 6.45) is 0. The Kier molecular flexibility index (Phi) is 7.44. The third kappa shape index (κ3) is 5.31. The number of hydrogen-bond acceptors (Lipinski definition) is 2. The molecule has 0 aliphatic carbocycles. The molecule has 0 amide bonds. The average molecular weight is 455 g/mol. The normalized spacial score (nSPS) is 13.0. The molecule has 0 aromatic heterocycles. The SMILES string of the molecule is Cc1ccccc1-c1ccc([C@@H](C)SS[C@H](C)c2ccc(-c3ccccc3C)cc2)cc1. The van der Waals surface area contributed by atoms with Crippen molar-refractivity contribution in [1.29, 1.82) is 0 Å². The smallest absolute Gasteiger partial charge is 0.0373 e. The fourth-order valence-electron chi connectivity index (χ4n) is 3.94. The van der Waals surface area contributed by atoms with Gasteiger partial charge in [-0.3, -0.25) is 0 Å². The van der Waals surface area contributed by atoms with E-state index >= 15 is 0 Å². The van der Waals surface area contributed by atoms with Crippen LogP contribution in [0.4, 0.5) is 0 Å². The van der Waals surface area contributed by atoms with Gasteiger partial charge in [-0.05, 0) is 72.2 Å². The Morgan fingerprint density at radius 2 is 0.812 bits per heavy atom. The van der Waals surface area contributed by atoms with Crippen molar-refractivity contribution in [2.75, 3.05) is 0 Å². The minimum Gasteiger partial charge on any atom is -0.0856 e. The number of rotatable bonds is 7. The van der Waals surface area contributed by atoms with Crippen LogP contribution in [0.25, 0.3) is 22.3 Å². The third-order valence-corrected chi connectivity index (χ3v) is 9.31. The maximum atomic E-state index is 2.30. The predicted octanol–water partition coefficient (Wildman–Crippen LogP) is 9.84. The zero-order chi connectivity index (χ0) is 22.5. The van der Waals surface area contributed by atoms with Crippen molar-refractivity contribution >= 4 is 21.6 Å². The molecular formula is C30H30S2. The molecule has 0 saturated carbocycles. The fraction of sp³-hybridized carbons (Fsp3) is 0.200. The molecule has 0 spiro atoms. The van der Waals surface area contributed by atoms with Crippen LogP contribution in [-0.2, 0) is 0 Å². The van der Waals surface area contributed by atoms with Crippen LogP contribution in [0.15, 0.2) is 97.1 Å². The van der Waals surface area contributed by atoms with Gasteiger partial charge in [0.25, 0.3) is 0 Å². The molecule has 4 rings (SSSR count). The van der Waals surface area contributed by atoms with Crippen molar-refractivity contribution in [3.8, 4) is 22.3 Å². The maximum Gasteiger partial charge on any atom is 0.0373 e. The van der Waals surface area contributed by atoms with Crippen LogP contribution >= 0.6 is 21.6 Å². The van der Waals surface area contributed by atoms with E-state index in [2.05, 4.69) is 125 Å². The van der Waals surface area contributed by atoms with Crippen molar-refractivity contribution in [2.24, 2.45) is 0 Å². The lowest BCUT2D eigenvalue weighted by molar-refractivity contribution is 1.10. The van der Waals surface area contributed by atoms with E-state index in [9.17, 15) is 0 Å². The van der Waals surface area contributed by atoms with Crippen LogP contribution in [0.2, 0.25) is 0 Å². The largest absolute Gasteiger partial charge is 0.0856 e. The van der Waals surface area contributed by atoms with Gasteiger partial charge in [-0.15, -0.1) is 0 Å². The fourth-order valence-corrected chi connectivity index (χ4v) is 6.48. The lowest BCUT2D eigenvalue weighted by atomic mass is 9.99. The summed E-state index contributed by atoms with van der Waals surface area (Å²) in [5, 5.41) is 0.888. The quantitative estimate of drug-likeness (QED) is 0.255. The Bertz CT molecular complexity index is 1070. The molecule has 2 atom stereocenters. The van der Waals surface area contributed by atoms with E-state index < -0.39 is 0 Å². The topological polar surface area (TPSA) is 0 Å². The lowest BCUT2D eigenvalue weighted by Gasteiger charge is -2.16. The van der Waals surface area contributed by atoms with Gasteiger partial charge in [-0.25, -0.2) is 0 Å². The van der Waals surface area contributed by atoms with Gasteiger partial charge in [0.05, 0.1) is 0 Å². The van der Waals surface area contributed by atoms with Crippen LogP contribution in [-0.4, -0.2) is 0 Å². The number of hydrogen-bond donors (Lipinski definition) is 0. The second-order valence-electron chi connectivity index (χ2n) is 8.35. The van der Waals surface area contributed by atoms with Gasteiger partial charge in [-0.2, -0.15) is 0 Å². The molecule has 32 heavy (non-hydrogen) atoms.